The number of furan rings is 1. The van der Waals surface area contributed by atoms with Crippen molar-refractivity contribution >= 4 is 55.9 Å². The number of nitrogen functional groups attached to an aromatic ring is 1. The van der Waals surface area contributed by atoms with E-state index < -0.39 is 17.6 Å². The predicted molar refractivity (Wildman–Crippen MR) is 125 cm³/mol. The number of carboxylic acid groups (broad SMARTS) is 1. The van der Waals surface area contributed by atoms with Crippen LogP contribution in [0.5, 0.6) is 0 Å². The van der Waals surface area contributed by atoms with E-state index in [-0.39, 0.29) is 68.8 Å². The van der Waals surface area contributed by atoms with Gasteiger partial charge in [-0.1, -0.05) is 18.2 Å². The molecule has 6 rings (SSSR count). The van der Waals surface area contributed by atoms with E-state index in [0.29, 0.717) is 10.9 Å². The van der Waals surface area contributed by atoms with Crippen molar-refractivity contribution in [1.29, 1.82) is 0 Å². The van der Waals surface area contributed by atoms with Crippen LogP contribution in [0, 0.1) is 11.6 Å². The number of anilines is 1. The van der Waals surface area contributed by atoms with Gasteiger partial charge in [0.05, 0.1) is 34.6 Å². The third-order valence-corrected chi connectivity index (χ3v) is 6.28. The number of carboxylic acids is 1. The van der Waals surface area contributed by atoms with E-state index in [2.05, 4.69) is 10.2 Å². The summed E-state index contributed by atoms with van der Waals surface area (Å²) >= 11 is 0. The van der Waals surface area contributed by atoms with Crippen LogP contribution < -0.4 is 5.73 Å². The van der Waals surface area contributed by atoms with Gasteiger partial charge in [0.25, 0.3) is 0 Å². The fourth-order valence-corrected chi connectivity index (χ4v) is 4.71. The second-order valence-electron chi connectivity index (χ2n) is 8.26. The van der Waals surface area contributed by atoms with Gasteiger partial charge in [0.1, 0.15) is 22.9 Å². The molecule has 0 unspecified atom stereocenters. The topological polar surface area (TPSA) is 127 Å². The molecule has 0 spiro atoms. The molecule has 1 aliphatic carbocycles. The Kier molecular flexibility index (Phi) is 4.40. The first kappa shape index (κ1) is 20.8. The van der Waals surface area contributed by atoms with Gasteiger partial charge in [0, 0.05) is 28.5 Å². The number of Topliss-reactive ketones (excluding diaryl/α,β-unsaturated/α-hetero) is 1. The quantitative estimate of drug-likeness (QED) is 0.344. The maximum atomic E-state index is 15.0. The first-order valence-corrected chi connectivity index (χ1v) is 10.6. The smallest absolute Gasteiger partial charge is 0.353 e. The third kappa shape index (κ3) is 2.99. The monoisotopic (exact) mass is 474 g/mol. The van der Waals surface area contributed by atoms with E-state index in [0.717, 1.165) is 0 Å². The van der Waals surface area contributed by atoms with Gasteiger partial charge in [0.2, 0.25) is 0 Å². The van der Waals surface area contributed by atoms with Crippen molar-refractivity contribution in [1.82, 2.24) is 14.8 Å². The number of nitrogens with one attached hydrogen (secondary N) is 1. The largest absolute Gasteiger partial charge is 0.477 e. The molecule has 0 amide bonds. The van der Waals surface area contributed by atoms with E-state index in [4.69, 9.17) is 10.2 Å². The zero-order chi connectivity index (χ0) is 24.4. The summed E-state index contributed by atoms with van der Waals surface area (Å²) in [4.78, 5) is 25.4. The standard InChI is InChI=1S/C25H16F2N4O4/c26-15-8-17-14(24(28)30-29-17)7-11(15)10-31-18-9-16(27)12-5-6-35-23(12)21(18)20(22(31)25(33)34)13-3-1-2-4-19(13)32/h1-3,5-9H,4,10H2,(H,33,34)(H3,28,29,30). The molecule has 0 saturated carbocycles. The molecule has 1 aliphatic rings. The summed E-state index contributed by atoms with van der Waals surface area (Å²) in [6, 6.07) is 5.29. The molecule has 35 heavy (non-hydrogen) atoms. The summed E-state index contributed by atoms with van der Waals surface area (Å²) in [6.45, 7) is -0.270. The molecule has 8 nitrogen and oxygen atoms in total. The van der Waals surface area contributed by atoms with Crippen LogP contribution in [0.3, 0.4) is 0 Å². The highest BCUT2D eigenvalue weighted by atomic mass is 19.1. The Hall–Kier alpha value is -4.73. The molecule has 3 aromatic heterocycles. The number of ketones is 1. The van der Waals surface area contributed by atoms with Gasteiger partial charge in [-0.15, -0.1) is 0 Å². The van der Waals surface area contributed by atoms with Crippen molar-refractivity contribution in [3.8, 4) is 0 Å². The van der Waals surface area contributed by atoms with Crippen LogP contribution in [0.15, 0.2) is 53.2 Å². The van der Waals surface area contributed by atoms with Crippen LogP contribution in [-0.2, 0) is 11.3 Å². The molecule has 3 heterocycles. The van der Waals surface area contributed by atoms with Crippen molar-refractivity contribution in [2.45, 2.75) is 13.0 Å². The summed E-state index contributed by atoms with van der Waals surface area (Å²) in [5, 5.41) is 17.6. The number of nitrogens with two attached hydrogens (primary N) is 1. The third-order valence-electron chi connectivity index (χ3n) is 6.28. The number of allylic oxidation sites excluding steroid dienone is 4. The summed E-state index contributed by atoms with van der Waals surface area (Å²) in [6.07, 6.45) is 6.22. The van der Waals surface area contributed by atoms with Gasteiger partial charge in [-0.25, -0.2) is 13.6 Å². The lowest BCUT2D eigenvalue weighted by Crippen LogP contribution is -2.14. The number of aromatic amines is 1. The average Bonchev–Trinajstić information content (AvgIpc) is 3.52. The number of carbonyl (C=O) groups excluding carboxylic acids is 1. The molecule has 0 bridgehead atoms. The highest BCUT2D eigenvalue weighted by molar-refractivity contribution is 6.29. The summed E-state index contributed by atoms with van der Waals surface area (Å²) in [5.41, 5.74) is 6.60. The average molecular weight is 474 g/mol. The SMILES string of the molecule is Nc1n[nH]c2cc(F)c(Cn3c(C(=O)O)c(C4=CC=CCC4=O)c4c5occc5c(F)cc43)cc12. The number of rotatable bonds is 4. The Balaban J connectivity index is 1.71. The minimum Gasteiger partial charge on any atom is -0.477 e. The molecular formula is C25H16F2N4O4. The molecular weight excluding hydrogens is 458 g/mol. The van der Waals surface area contributed by atoms with Gasteiger partial charge < -0.3 is 19.8 Å². The van der Waals surface area contributed by atoms with Crippen molar-refractivity contribution in [2.24, 2.45) is 0 Å². The van der Waals surface area contributed by atoms with Crippen molar-refractivity contribution in [2.75, 3.05) is 5.73 Å². The summed E-state index contributed by atoms with van der Waals surface area (Å²) in [5.74, 6) is -2.76. The number of aromatic carboxylic acids is 1. The maximum absolute atomic E-state index is 15.0. The van der Waals surface area contributed by atoms with E-state index >= 15 is 8.78 Å². The van der Waals surface area contributed by atoms with E-state index in [9.17, 15) is 14.7 Å². The van der Waals surface area contributed by atoms with Gasteiger partial charge in [-0.05, 0) is 24.3 Å². The second-order valence-corrected chi connectivity index (χ2v) is 8.26. The lowest BCUT2D eigenvalue weighted by atomic mass is 9.93. The van der Waals surface area contributed by atoms with Crippen LogP contribution in [0.4, 0.5) is 14.6 Å². The fourth-order valence-electron chi connectivity index (χ4n) is 4.71. The number of nitrogens with zero attached hydrogens (tertiary/aromatic N) is 2. The molecule has 174 valence electrons. The van der Waals surface area contributed by atoms with Crippen molar-refractivity contribution in [3.05, 3.63) is 77.2 Å². The first-order chi connectivity index (χ1) is 16.8. The molecule has 0 atom stereocenters. The van der Waals surface area contributed by atoms with Crippen LogP contribution in [0.1, 0.15) is 28.0 Å². The van der Waals surface area contributed by atoms with Gasteiger partial charge in [-0.2, -0.15) is 5.10 Å². The fraction of sp³-hybridized carbons (Fsp3) is 0.0800. The Bertz CT molecular complexity index is 1790. The van der Waals surface area contributed by atoms with Gasteiger partial charge in [-0.3, -0.25) is 9.89 Å². The minimum atomic E-state index is -1.36. The molecule has 4 N–H and O–H groups in total. The maximum Gasteiger partial charge on any atom is 0.353 e. The number of hydrogen-bond donors (Lipinski definition) is 3. The normalized spacial score (nSPS) is 13.9. The predicted octanol–water partition coefficient (Wildman–Crippen LogP) is 4.78. The Morgan fingerprint density at radius 1 is 1.23 bits per heavy atom. The van der Waals surface area contributed by atoms with Crippen LogP contribution in [0.2, 0.25) is 0 Å². The van der Waals surface area contributed by atoms with Crippen molar-refractivity contribution < 1.29 is 27.9 Å². The second kappa shape index (κ2) is 7.39. The molecule has 0 aliphatic heterocycles. The van der Waals surface area contributed by atoms with E-state index in [1.165, 1.54) is 41.2 Å². The minimum absolute atomic E-state index is 0.0884. The van der Waals surface area contributed by atoms with Gasteiger partial charge >= 0.3 is 5.97 Å². The van der Waals surface area contributed by atoms with Crippen LogP contribution >= 0.6 is 0 Å². The van der Waals surface area contributed by atoms with E-state index in [1.54, 1.807) is 12.2 Å². The number of fused-ring (bicyclic) bond motifs is 4. The summed E-state index contributed by atoms with van der Waals surface area (Å²) < 4.78 is 36.9. The lowest BCUT2D eigenvalue weighted by Gasteiger charge is -2.12. The van der Waals surface area contributed by atoms with Crippen LogP contribution in [0.25, 0.3) is 38.3 Å². The zero-order valence-electron chi connectivity index (χ0n) is 17.9. The summed E-state index contributed by atoms with van der Waals surface area (Å²) in [7, 11) is 0. The number of benzene rings is 2. The molecule has 10 heteroatoms. The number of aromatic nitrogens is 3. The Morgan fingerprint density at radius 3 is 2.83 bits per heavy atom. The van der Waals surface area contributed by atoms with E-state index in [1.807, 2.05) is 0 Å². The zero-order valence-corrected chi connectivity index (χ0v) is 17.9. The van der Waals surface area contributed by atoms with Gasteiger partial charge in [0.15, 0.2) is 11.6 Å². The molecule has 0 radical (unpaired) electrons. The highest BCUT2D eigenvalue weighted by Crippen LogP contribution is 2.40. The molecule has 2 aromatic carbocycles. The molecule has 0 fully saturated rings. The number of H-pyrrole nitrogens is 1. The van der Waals surface area contributed by atoms with Crippen molar-refractivity contribution in [3.63, 3.8) is 0 Å². The molecule has 5 aromatic rings. The molecule has 0 saturated heterocycles. The Labute approximate surface area is 194 Å². The number of carbonyl (C=O) groups is 2. The highest BCUT2D eigenvalue weighted by Gasteiger charge is 2.31. The number of halogens is 2. The first-order valence-electron chi connectivity index (χ1n) is 10.6. The van der Waals surface area contributed by atoms with Crippen LogP contribution in [-0.4, -0.2) is 31.6 Å². The Morgan fingerprint density at radius 2 is 2.06 bits per heavy atom. The number of hydrogen-bond acceptors (Lipinski definition) is 5. The lowest BCUT2D eigenvalue weighted by molar-refractivity contribution is -0.113.